The van der Waals surface area contributed by atoms with Gasteiger partial charge in [-0.15, -0.1) is 0 Å². The molecule has 0 fully saturated rings. The number of pyridine rings is 1. The molecule has 1 heteroatoms. The lowest BCUT2D eigenvalue weighted by molar-refractivity contribution is -0.741. The van der Waals surface area contributed by atoms with E-state index in [1.807, 2.05) is 0 Å². The average molecular weight is 316 g/mol. The second-order valence-corrected chi connectivity index (χ2v) is 7.41. The van der Waals surface area contributed by atoms with Crippen LogP contribution in [0.3, 0.4) is 0 Å². The van der Waals surface area contributed by atoms with E-state index in [0.717, 1.165) is 12.8 Å². The molecule has 3 aromatic rings. The molecule has 2 heterocycles. The van der Waals surface area contributed by atoms with E-state index in [1.54, 1.807) is 0 Å². The molecule has 0 N–H and O–H groups in total. The Hall–Kier alpha value is -2.15. The van der Waals surface area contributed by atoms with Crippen molar-refractivity contribution < 1.29 is 4.57 Å². The van der Waals surface area contributed by atoms with Crippen molar-refractivity contribution in [2.45, 2.75) is 51.5 Å². The Kier molecular flexibility index (Phi) is 3.16. The topological polar surface area (TPSA) is 3.88 Å². The van der Waals surface area contributed by atoms with Crippen LogP contribution in [0.5, 0.6) is 0 Å². The van der Waals surface area contributed by atoms with Crippen LogP contribution in [0.4, 0.5) is 0 Å². The standard InChI is InChI=1S/C23H26N/c1-6-22(5)19-13-9-12-18-16(4)15-17-11-10-14-24(21(17)20(18)19)23(22,7-2)8-3/h7,9-15H,2,6,8H2,1,3-5H3/q+1. The Labute approximate surface area is 144 Å². The molecule has 24 heavy (non-hydrogen) atoms. The van der Waals surface area contributed by atoms with Gasteiger partial charge in [-0.3, -0.25) is 0 Å². The summed E-state index contributed by atoms with van der Waals surface area (Å²) in [5.41, 5.74) is 4.13. The van der Waals surface area contributed by atoms with Gasteiger partial charge in [0.15, 0.2) is 11.7 Å². The summed E-state index contributed by atoms with van der Waals surface area (Å²) in [6.07, 6.45) is 6.57. The van der Waals surface area contributed by atoms with E-state index in [9.17, 15) is 0 Å². The van der Waals surface area contributed by atoms with E-state index in [0.29, 0.717) is 0 Å². The molecule has 0 saturated heterocycles. The van der Waals surface area contributed by atoms with Crippen LogP contribution in [-0.4, -0.2) is 0 Å². The lowest BCUT2D eigenvalue weighted by Crippen LogP contribution is -2.67. The van der Waals surface area contributed by atoms with Gasteiger partial charge in [-0.1, -0.05) is 38.6 Å². The SMILES string of the molecule is C=CC1(CC)[n+]2cccc3cc(C)c4cccc(c4c32)C1(C)CC. The van der Waals surface area contributed by atoms with Crippen molar-refractivity contribution in [1.82, 2.24) is 0 Å². The fraction of sp³-hybridized carbons (Fsp3) is 0.348. The Morgan fingerprint density at radius 1 is 1.12 bits per heavy atom. The van der Waals surface area contributed by atoms with E-state index in [-0.39, 0.29) is 11.0 Å². The average Bonchev–Trinajstić information content (AvgIpc) is 2.62. The van der Waals surface area contributed by atoms with Gasteiger partial charge in [0, 0.05) is 17.9 Å². The second kappa shape index (κ2) is 4.92. The number of aryl methyl sites for hydroxylation is 1. The molecule has 122 valence electrons. The molecule has 0 amide bonds. The van der Waals surface area contributed by atoms with Crippen LogP contribution < -0.4 is 4.57 Å². The first-order valence-corrected chi connectivity index (χ1v) is 9.05. The number of aromatic nitrogens is 1. The summed E-state index contributed by atoms with van der Waals surface area (Å²) >= 11 is 0. The Morgan fingerprint density at radius 3 is 2.58 bits per heavy atom. The van der Waals surface area contributed by atoms with Crippen molar-refractivity contribution in [2.24, 2.45) is 0 Å². The molecule has 1 nitrogen and oxygen atoms in total. The maximum absolute atomic E-state index is 4.29. The molecule has 2 atom stereocenters. The maximum atomic E-state index is 4.29. The third kappa shape index (κ3) is 1.53. The molecule has 0 spiro atoms. The van der Waals surface area contributed by atoms with Crippen molar-refractivity contribution in [3.63, 3.8) is 0 Å². The van der Waals surface area contributed by atoms with Crippen LogP contribution in [0.25, 0.3) is 21.7 Å². The van der Waals surface area contributed by atoms with Gasteiger partial charge in [0.2, 0.25) is 5.52 Å². The predicted molar refractivity (Wildman–Crippen MR) is 102 cm³/mol. The van der Waals surface area contributed by atoms with Gasteiger partial charge in [0.1, 0.15) is 0 Å². The number of hydrogen-bond donors (Lipinski definition) is 0. The zero-order valence-electron chi connectivity index (χ0n) is 15.2. The molecule has 0 bridgehead atoms. The van der Waals surface area contributed by atoms with E-state index >= 15 is 0 Å². The quantitative estimate of drug-likeness (QED) is 0.338. The molecule has 1 aliphatic heterocycles. The summed E-state index contributed by atoms with van der Waals surface area (Å²) in [7, 11) is 0. The third-order valence-corrected chi connectivity index (χ3v) is 6.69. The number of benzene rings is 2. The molecule has 1 aliphatic rings. The van der Waals surface area contributed by atoms with Crippen LogP contribution in [0.2, 0.25) is 0 Å². The lowest BCUT2D eigenvalue weighted by atomic mass is 9.60. The highest BCUT2D eigenvalue weighted by Crippen LogP contribution is 2.50. The fourth-order valence-corrected chi connectivity index (χ4v) is 5.17. The molecular weight excluding hydrogens is 290 g/mol. The Bertz CT molecular complexity index is 984. The smallest absolute Gasteiger partial charge is 0.188 e. The number of hydrogen-bond acceptors (Lipinski definition) is 0. The van der Waals surface area contributed by atoms with Gasteiger partial charge < -0.3 is 0 Å². The lowest BCUT2D eigenvalue weighted by Gasteiger charge is -2.45. The van der Waals surface area contributed by atoms with Gasteiger partial charge in [-0.25, -0.2) is 0 Å². The van der Waals surface area contributed by atoms with Crippen molar-refractivity contribution >= 4 is 21.7 Å². The first kappa shape index (κ1) is 15.4. The monoisotopic (exact) mass is 316 g/mol. The molecule has 0 aliphatic carbocycles. The molecule has 0 radical (unpaired) electrons. The van der Waals surface area contributed by atoms with E-state index in [1.165, 1.54) is 32.8 Å². The first-order valence-electron chi connectivity index (χ1n) is 9.05. The highest BCUT2D eigenvalue weighted by molar-refractivity contribution is 6.08. The summed E-state index contributed by atoms with van der Waals surface area (Å²) in [6.45, 7) is 13.5. The van der Waals surface area contributed by atoms with E-state index in [4.69, 9.17) is 0 Å². The molecule has 0 saturated carbocycles. The largest absolute Gasteiger partial charge is 0.221 e. The highest BCUT2D eigenvalue weighted by atomic mass is 15.1. The molecule has 1 aromatic heterocycles. The minimum atomic E-state index is -0.0994. The van der Waals surface area contributed by atoms with Gasteiger partial charge in [0.05, 0.1) is 10.8 Å². The highest BCUT2D eigenvalue weighted by Gasteiger charge is 2.56. The zero-order valence-corrected chi connectivity index (χ0v) is 15.2. The number of nitrogens with zero attached hydrogens (tertiary/aromatic N) is 1. The summed E-state index contributed by atoms with van der Waals surface area (Å²) in [5.74, 6) is 0. The van der Waals surface area contributed by atoms with Crippen LogP contribution in [0.15, 0.2) is 55.3 Å². The van der Waals surface area contributed by atoms with Gasteiger partial charge >= 0.3 is 0 Å². The van der Waals surface area contributed by atoms with Crippen molar-refractivity contribution in [1.29, 1.82) is 0 Å². The summed E-state index contributed by atoms with van der Waals surface area (Å²) in [6, 6.07) is 13.6. The van der Waals surface area contributed by atoms with E-state index < -0.39 is 0 Å². The summed E-state index contributed by atoms with van der Waals surface area (Å²) < 4.78 is 2.51. The molecule has 2 aromatic carbocycles. The van der Waals surface area contributed by atoms with Crippen LogP contribution in [-0.2, 0) is 11.0 Å². The molecule has 4 rings (SSSR count). The predicted octanol–water partition coefficient (Wildman–Crippen LogP) is 5.56. The molecule has 2 unspecified atom stereocenters. The minimum absolute atomic E-state index is 0.0305. The Balaban J connectivity index is 2.38. The van der Waals surface area contributed by atoms with Crippen molar-refractivity contribution in [2.75, 3.05) is 0 Å². The normalized spacial score (nSPS) is 25.5. The zero-order chi connectivity index (χ0) is 17.1. The van der Waals surface area contributed by atoms with Gasteiger partial charge in [-0.2, -0.15) is 4.57 Å². The summed E-state index contributed by atoms with van der Waals surface area (Å²) in [5, 5.41) is 4.14. The first-order chi connectivity index (χ1) is 11.5. The fourth-order valence-electron chi connectivity index (χ4n) is 5.17. The van der Waals surface area contributed by atoms with Crippen molar-refractivity contribution in [3.05, 3.63) is 66.4 Å². The van der Waals surface area contributed by atoms with Gasteiger partial charge in [-0.05, 0) is 55.0 Å². The van der Waals surface area contributed by atoms with Crippen LogP contribution in [0, 0.1) is 6.92 Å². The third-order valence-electron chi connectivity index (χ3n) is 6.69. The van der Waals surface area contributed by atoms with E-state index in [2.05, 4.69) is 87.5 Å². The molecular formula is C23H26N+. The van der Waals surface area contributed by atoms with Crippen LogP contribution in [0.1, 0.15) is 44.7 Å². The Morgan fingerprint density at radius 2 is 1.92 bits per heavy atom. The number of rotatable bonds is 3. The maximum Gasteiger partial charge on any atom is 0.221 e. The van der Waals surface area contributed by atoms with Gasteiger partial charge in [0.25, 0.3) is 0 Å². The summed E-state index contributed by atoms with van der Waals surface area (Å²) in [4.78, 5) is 0. The minimum Gasteiger partial charge on any atom is -0.188 e. The van der Waals surface area contributed by atoms with Crippen LogP contribution >= 0.6 is 0 Å². The van der Waals surface area contributed by atoms with Crippen molar-refractivity contribution in [3.8, 4) is 0 Å². The number of allylic oxidation sites excluding steroid dienone is 1. The second-order valence-electron chi connectivity index (χ2n) is 7.41.